The second-order valence-electron chi connectivity index (χ2n) is 6.20. The topological polar surface area (TPSA) is 66.8 Å². The molecule has 1 aromatic carbocycles. The highest BCUT2D eigenvalue weighted by Gasteiger charge is 2.34. The van der Waals surface area contributed by atoms with Gasteiger partial charge in [0.05, 0.1) is 5.92 Å². The Morgan fingerprint density at radius 2 is 2.13 bits per heavy atom. The number of carbonyl (C=O) groups is 2. The van der Waals surface area contributed by atoms with Crippen LogP contribution in [0.5, 0.6) is 5.75 Å². The zero-order valence-electron chi connectivity index (χ0n) is 13.4. The molecule has 1 amide bonds. The molecule has 1 aromatic rings. The Morgan fingerprint density at radius 1 is 1.39 bits per heavy atom. The van der Waals surface area contributed by atoms with E-state index in [1.54, 1.807) is 29.2 Å². The average Bonchev–Trinajstić information content (AvgIpc) is 2.52. The molecule has 1 N–H and O–H groups in total. The molecule has 0 spiro atoms. The fourth-order valence-electron chi connectivity index (χ4n) is 2.72. The first-order valence-electron chi connectivity index (χ1n) is 7.82. The summed E-state index contributed by atoms with van der Waals surface area (Å²) >= 11 is 5.95. The van der Waals surface area contributed by atoms with Gasteiger partial charge in [-0.25, -0.2) is 0 Å². The van der Waals surface area contributed by atoms with Gasteiger partial charge in [0, 0.05) is 18.1 Å². The number of rotatable bonds is 5. The lowest BCUT2D eigenvalue weighted by molar-refractivity contribution is -0.148. The molecule has 0 aliphatic carbocycles. The zero-order chi connectivity index (χ0) is 17.0. The van der Waals surface area contributed by atoms with E-state index < -0.39 is 18.0 Å². The molecule has 1 heterocycles. The number of hydrogen-bond acceptors (Lipinski definition) is 3. The van der Waals surface area contributed by atoms with Crippen LogP contribution >= 0.6 is 11.6 Å². The van der Waals surface area contributed by atoms with Crippen molar-refractivity contribution < 1.29 is 19.4 Å². The van der Waals surface area contributed by atoms with Gasteiger partial charge in [-0.15, -0.1) is 0 Å². The van der Waals surface area contributed by atoms with Crippen LogP contribution in [0.3, 0.4) is 0 Å². The lowest BCUT2D eigenvalue weighted by Crippen LogP contribution is -2.49. The predicted molar refractivity (Wildman–Crippen MR) is 87.6 cm³/mol. The largest absolute Gasteiger partial charge is 0.481 e. The van der Waals surface area contributed by atoms with E-state index in [2.05, 4.69) is 0 Å². The van der Waals surface area contributed by atoms with Gasteiger partial charge >= 0.3 is 5.97 Å². The third kappa shape index (κ3) is 4.61. The van der Waals surface area contributed by atoms with Gasteiger partial charge in [-0.1, -0.05) is 31.5 Å². The molecule has 1 saturated heterocycles. The monoisotopic (exact) mass is 339 g/mol. The summed E-state index contributed by atoms with van der Waals surface area (Å²) < 4.78 is 5.84. The molecule has 0 saturated carbocycles. The summed E-state index contributed by atoms with van der Waals surface area (Å²) in [6, 6.07) is 6.93. The standard InChI is InChI=1S/C17H22ClNO4/c1-11(2)15(23-14-7-3-6-13(18)9-14)16(20)19-8-4-5-12(10-19)17(21)22/h3,6-7,9,11-12,15H,4-5,8,10H2,1-2H3,(H,21,22). The third-order valence-corrected chi connectivity index (χ3v) is 4.23. The number of carboxylic acid groups (broad SMARTS) is 1. The maximum absolute atomic E-state index is 12.8. The second-order valence-corrected chi connectivity index (χ2v) is 6.64. The van der Waals surface area contributed by atoms with Gasteiger partial charge in [-0.05, 0) is 37.0 Å². The molecule has 23 heavy (non-hydrogen) atoms. The van der Waals surface area contributed by atoms with Crippen LogP contribution < -0.4 is 4.74 Å². The number of halogens is 1. The smallest absolute Gasteiger partial charge is 0.308 e. The van der Waals surface area contributed by atoms with Gasteiger partial charge in [0.2, 0.25) is 0 Å². The Hall–Kier alpha value is -1.75. The van der Waals surface area contributed by atoms with Crippen LogP contribution in [-0.2, 0) is 9.59 Å². The van der Waals surface area contributed by atoms with E-state index in [1.165, 1.54) is 0 Å². The number of hydrogen-bond donors (Lipinski definition) is 1. The summed E-state index contributed by atoms with van der Waals surface area (Å²) in [5, 5.41) is 9.71. The molecule has 2 unspecified atom stereocenters. The minimum Gasteiger partial charge on any atom is -0.481 e. The molecule has 0 bridgehead atoms. The van der Waals surface area contributed by atoms with Crippen LogP contribution in [0.1, 0.15) is 26.7 Å². The number of carboxylic acids is 1. The molecule has 0 radical (unpaired) electrons. The maximum Gasteiger partial charge on any atom is 0.308 e. The van der Waals surface area contributed by atoms with Crippen molar-refractivity contribution in [3.63, 3.8) is 0 Å². The molecule has 2 atom stereocenters. The minimum atomic E-state index is -0.848. The highest BCUT2D eigenvalue weighted by Crippen LogP contribution is 2.23. The van der Waals surface area contributed by atoms with Crippen LogP contribution in [0.4, 0.5) is 0 Å². The van der Waals surface area contributed by atoms with Crippen molar-refractivity contribution in [3.8, 4) is 5.75 Å². The van der Waals surface area contributed by atoms with Gasteiger partial charge in [0.1, 0.15) is 5.75 Å². The van der Waals surface area contributed by atoms with Crippen molar-refractivity contribution in [3.05, 3.63) is 29.3 Å². The van der Waals surface area contributed by atoms with E-state index in [4.69, 9.17) is 21.4 Å². The summed E-state index contributed by atoms with van der Waals surface area (Å²) in [6.07, 6.45) is 0.659. The van der Waals surface area contributed by atoms with Gasteiger partial charge < -0.3 is 14.7 Å². The van der Waals surface area contributed by atoms with E-state index in [1.807, 2.05) is 13.8 Å². The Bertz CT molecular complexity index is 575. The van der Waals surface area contributed by atoms with Crippen molar-refractivity contribution >= 4 is 23.5 Å². The molecule has 0 aromatic heterocycles. The average molecular weight is 340 g/mol. The fraction of sp³-hybridized carbons (Fsp3) is 0.529. The van der Waals surface area contributed by atoms with Gasteiger partial charge in [0.25, 0.3) is 5.91 Å². The van der Waals surface area contributed by atoms with E-state index in [0.29, 0.717) is 30.2 Å². The van der Waals surface area contributed by atoms with Crippen molar-refractivity contribution in [1.82, 2.24) is 4.90 Å². The molecule has 2 rings (SSSR count). The first-order valence-corrected chi connectivity index (χ1v) is 8.20. The normalized spacial score (nSPS) is 19.5. The number of carbonyl (C=O) groups excluding carboxylic acids is 1. The number of benzene rings is 1. The molecular formula is C17H22ClNO4. The molecule has 5 nitrogen and oxygen atoms in total. The highest BCUT2D eigenvalue weighted by molar-refractivity contribution is 6.30. The lowest BCUT2D eigenvalue weighted by atomic mass is 9.96. The SMILES string of the molecule is CC(C)C(Oc1cccc(Cl)c1)C(=O)N1CCCC(C(=O)O)C1. The third-order valence-electron chi connectivity index (χ3n) is 3.99. The number of piperidine rings is 1. The minimum absolute atomic E-state index is 0.0355. The second kappa shape index (κ2) is 7.68. The molecule has 1 aliphatic rings. The summed E-state index contributed by atoms with van der Waals surface area (Å²) in [6.45, 7) is 4.64. The van der Waals surface area contributed by atoms with Gasteiger partial charge in [-0.2, -0.15) is 0 Å². The van der Waals surface area contributed by atoms with Crippen LogP contribution in [0.25, 0.3) is 0 Å². The van der Waals surface area contributed by atoms with E-state index >= 15 is 0 Å². The van der Waals surface area contributed by atoms with Gasteiger partial charge in [0.15, 0.2) is 6.10 Å². The van der Waals surface area contributed by atoms with E-state index in [9.17, 15) is 9.59 Å². The van der Waals surface area contributed by atoms with Gasteiger partial charge in [-0.3, -0.25) is 9.59 Å². The molecule has 6 heteroatoms. The summed E-state index contributed by atoms with van der Waals surface area (Å²) in [7, 11) is 0. The van der Waals surface area contributed by atoms with Crippen molar-refractivity contribution in [2.75, 3.05) is 13.1 Å². The number of likely N-dealkylation sites (tertiary alicyclic amines) is 1. The number of nitrogens with zero attached hydrogens (tertiary/aromatic N) is 1. The van der Waals surface area contributed by atoms with Crippen molar-refractivity contribution in [2.24, 2.45) is 11.8 Å². The molecule has 126 valence electrons. The van der Waals surface area contributed by atoms with E-state index in [0.717, 1.165) is 0 Å². The molecule has 1 fully saturated rings. The first kappa shape index (κ1) is 17.6. The Morgan fingerprint density at radius 3 is 2.74 bits per heavy atom. The zero-order valence-corrected chi connectivity index (χ0v) is 14.1. The summed E-state index contributed by atoms with van der Waals surface area (Å²) in [5.41, 5.74) is 0. The number of amides is 1. The van der Waals surface area contributed by atoms with Crippen molar-refractivity contribution in [1.29, 1.82) is 0 Å². The Balaban J connectivity index is 2.10. The van der Waals surface area contributed by atoms with Crippen LogP contribution in [0, 0.1) is 11.8 Å². The van der Waals surface area contributed by atoms with Crippen LogP contribution in [-0.4, -0.2) is 41.1 Å². The fourth-order valence-corrected chi connectivity index (χ4v) is 2.90. The quantitative estimate of drug-likeness (QED) is 0.895. The number of ether oxygens (including phenoxy) is 1. The first-order chi connectivity index (χ1) is 10.9. The molecule has 1 aliphatic heterocycles. The van der Waals surface area contributed by atoms with E-state index in [-0.39, 0.29) is 18.4 Å². The predicted octanol–water partition coefficient (Wildman–Crippen LogP) is 3.07. The Labute approximate surface area is 141 Å². The Kier molecular flexibility index (Phi) is 5.88. The lowest BCUT2D eigenvalue weighted by Gasteiger charge is -2.34. The van der Waals surface area contributed by atoms with Crippen molar-refractivity contribution in [2.45, 2.75) is 32.8 Å². The summed E-state index contributed by atoms with van der Waals surface area (Å²) in [5.74, 6) is -1.00. The summed E-state index contributed by atoms with van der Waals surface area (Å²) in [4.78, 5) is 25.6. The molecular weight excluding hydrogens is 318 g/mol. The number of aliphatic carboxylic acids is 1. The maximum atomic E-state index is 12.8. The van der Waals surface area contributed by atoms with Crippen LogP contribution in [0.15, 0.2) is 24.3 Å². The highest BCUT2D eigenvalue weighted by atomic mass is 35.5. The van der Waals surface area contributed by atoms with Crippen LogP contribution in [0.2, 0.25) is 5.02 Å².